The number of hydrogen-bond acceptors (Lipinski definition) is 2. The highest BCUT2D eigenvalue weighted by Gasteiger charge is 2.27. The molecule has 0 aliphatic carbocycles. The molecule has 5 heteroatoms. The molecule has 1 aromatic heterocycles. The molecule has 0 bridgehead atoms. The molecule has 1 rings (SSSR count). The Morgan fingerprint density at radius 3 is 2.44 bits per heavy atom. The van der Waals surface area contributed by atoms with Crippen molar-refractivity contribution in [3.8, 4) is 0 Å². The zero-order valence-electron chi connectivity index (χ0n) is 10.0. The summed E-state index contributed by atoms with van der Waals surface area (Å²) >= 11 is 3.45. The fourth-order valence-electron chi connectivity index (χ4n) is 1.39. The Hall–Kier alpha value is -0.840. The van der Waals surface area contributed by atoms with Crippen molar-refractivity contribution in [2.75, 3.05) is 0 Å². The number of hydrogen-bond donors (Lipinski definition) is 1. The Morgan fingerprint density at radius 1 is 1.50 bits per heavy atom. The largest absolute Gasteiger partial charge is 0.481 e. The van der Waals surface area contributed by atoms with E-state index in [0.717, 1.165) is 15.9 Å². The van der Waals surface area contributed by atoms with E-state index in [1.165, 1.54) is 0 Å². The van der Waals surface area contributed by atoms with Crippen LogP contribution in [0.2, 0.25) is 0 Å². The predicted molar refractivity (Wildman–Crippen MR) is 65.4 cm³/mol. The van der Waals surface area contributed by atoms with Gasteiger partial charge in [-0.2, -0.15) is 5.10 Å². The van der Waals surface area contributed by atoms with E-state index in [0.29, 0.717) is 13.0 Å². The maximum absolute atomic E-state index is 11.0. The van der Waals surface area contributed by atoms with Crippen LogP contribution in [0.25, 0.3) is 0 Å². The zero-order valence-corrected chi connectivity index (χ0v) is 11.6. The Balaban J connectivity index is 2.76. The van der Waals surface area contributed by atoms with Crippen LogP contribution in [0.15, 0.2) is 4.47 Å². The Kier molecular flexibility index (Phi) is 3.78. The van der Waals surface area contributed by atoms with Crippen LogP contribution in [0.5, 0.6) is 0 Å². The third-order valence-corrected chi connectivity index (χ3v) is 3.97. The first-order chi connectivity index (χ1) is 7.25. The van der Waals surface area contributed by atoms with Crippen LogP contribution < -0.4 is 0 Å². The Labute approximate surface area is 104 Å². The number of aryl methyl sites for hydroxylation is 2. The fraction of sp³-hybridized carbons (Fsp3) is 0.636. The monoisotopic (exact) mass is 288 g/mol. The molecule has 90 valence electrons. The fourth-order valence-corrected chi connectivity index (χ4v) is 1.67. The molecule has 0 fully saturated rings. The lowest BCUT2D eigenvalue weighted by Crippen LogP contribution is -2.25. The van der Waals surface area contributed by atoms with Crippen molar-refractivity contribution in [1.82, 2.24) is 9.78 Å². The van der Waals surface area contributed by atoms with Gasteiger partial charge in [-0.3, -0.25) is 9.48 Å². The number of aliphatic carboxylic acids is 1. The second-order valence-corrected chi connectivity index (χ2v) is 5.44. The van der Waals surface area contributed by atoms with Crippen molar-refractivity contribution in [3.63, 3.8) is 0 Å². The molecule has 1 aromatic rings. The van der Waals surface area contributed by atoms with E-state index in [1.54, 1.807) is 13.8 Å². The van der Waals surface area contributed by atoms with E-state index in [2.05, 4.69) is 21.0 Å². The number of carboxylic acids is 1. The van der Waals surface area contributed by atoms with Gasteiger partial charge in [0.15, 0.2) is 0 Å². The van der Waals surface area contributed by atoms with Gasteiger partial charge in [-0.15, -0.1) is 0 Å². The number of aromatic nitrogens is 2. The Bertz CT molecular complexity index is 410. The normalized spacial score (nSPS) is 11.8. The molecule has 0 radical (unpaired) electrons. The lowest BCUT2D eigenvalue weighted by Gasteiger charge is -2.19. The first kappa shape index (κ1) is 13.2. The lowest BCUT2D eigenvalue weighted by atomic mass is 9.90. The summed E-state index contributed by atoms with van der Waals surface area (Å²) < 4.78 is 2.85. The maximum Gasteiger partial charge on any atom is 0.309 e. The summed E-state index contributed by atoms with van der Waals surface area (Å²) in [7, 11) is 0. The van der Waals surface area contributed by atoms with E-state index in [-0.39, 0.29) is 0 Å². The molecular weight excluding hydrogens is 272 g/mol. The molecule has 0 atom stereocenters. The van der Waals surface area contributed by atoms with Gasteiger partial charge in [-0.25, -0.2) is 0 Å². The molecule has 0 aliphatic rings. The van der Waals surface area contributed by atoms with Crippen LogP contribution in [-0.2, 0) is 11.3 Å². The van der Waals surface area contributed by atoms with Crippen LogP contribution in [0.4, 0.5) is 0 Å². The summed E-state index contributed by atoms with van der Waals surface area (Å²) in [5, 5.41) is 13.4. The molecule has 1 N–H and O–H groups in total. The molecule has 0 amide bonds. The van der Waals surface area contributed by atoms with Gasteiger partial charge in [0.1, 0.15) is 0 Å². The summed E-state index contributed by atoms with van der Waals surface area (Å²) in [6.45, 7) is 7.98. The highest BCUT2D eigenvalue weighted by Crippen LogP contribution is 2.24. The number of nitrogens with zero attached hydrogens (tertiary/aromatic N) is 2. The summed E-state index contributed by atoms with van der Waals surface area (Å²) in [6, 6.07) is 0. The van der Waals surface area contributed by atoms with Gasteiger partial charge >= 0.3 is 5.97 Å². The number of halogens is 1. The standard InChI is InChI=1S/C11H17BrN2O2/c1-7-9(12)8(2)14(13-7)6-5-11(3,4)10(15)16/h5-6H2,1-4H3,(H,15,16). The molecule has 0 aromatic carbocycles. The van der Waals surface area contributed by atoms with Gasteiger partial charge < -0.3 is 5.11 Å². The summed E-state index contributed by atoms with van der Waals surface area (Å²) in [5.74, 6) is -0.770. The number of carbonyl (C=O) groups is 1. The van der Waals surface area contributed by atoms with Gasteiger partial charge in [0.25, 0.3) is 0 Å². The van der Waals surface area contributed by atoms with Crippen molar-refractivity contribution in [1.29, 1.82) is 0 Å². The molecule has 0 aliphatic heterocycles. The van der Waals surface area contributed by atoms with Crippen LogP contribution in [0.1, 0.15) is 31.7 Å². The van der Waals surface area contributed by atoms with Gasteiger partial charge in [0, 0.05) is 12.2 Å². The first-order valence-electron chi connectivity index (χ1n) is 5.18. The van der Waals surface area contributed by atoms with Crippen molar-refractivity contribution in [3.05, 3.63) is 15.9 Å². The molecule has 16 heavy (non-hydrogen) atoms. The second-order valence-electron chi connectivity index (χ2n) is 4.65. The van der Waals surface area contributed by atoms with E-state index in [9.17, 15) is 4.79 Å². The minimum atomic E-state index is -0.770. The first-order valence-corrected chi connectivity index (χ1v) is 5.98. The average molecular weight is 289 g/mol. The van der Waals surface area contributed by atoms with Crippen LogP contribution in [-0.4, -0.2) is 20.9 Å². The molecule has 4 nitrogen and oxygen atoms in total. The van der Waals surface area contributed by atoms with Crippen molar-refractivity contribution in [2.24, 2.45) is 5.41 Å². The van der Waals surface area contributed by atoms with Gasteiger partial charge in [0.05, 0.1) is 15.6 Å². The molecule has 0 saturated heterocycles. The van der Waals surface area contributed by atoms with E-state index >= 15 is 0 Å². The number of rotatable bonds is 4. The smallest absolute Gasteiger partial charge is 0.309 e. The molecule has 1 heterocycles. The van der Waals surface area contributed by atoms with E-state index in [1.807, 2.05) is 18.5 Å². The predicted octanol–water partition coefficient (Wildman–Crippen LogP) is 2.76. The van der Waals surface area contributed by atoms with Crippen LogP contribution in [0.3, 0.4) is 0 Å². The Morgan fingerprint density at radius 2 is 2.06 bits per heavy atom. The lowest BCUT2D eigenvalue weighted by molar-refractivity contribution is -0.147. The quantitative estimate of drug-likeness (QED) is 0.927. The van der Waals surface area contributed by atoms with Crippen molar-refractivity contribution in [2.45, 2.75) is 40.7 Å². The van der Waals surface area contributed by atoms with E-state index in [4.69, 9.17) is 5.11 Å². The summed E-state index contributed by atoms with van der Waals surface area (Å²) in [5.41, 5.74) is 1.27. The molecule has 0 unspecified atom stereocenters. The van der Waals surface area contributed by atoms with Crippen molar-refractivity contribution < 1.29 is 9.90 Å². The number of carboxylic acid groups (broad SMARTS) is 1. The molecule has 0 saturated carbocycles. The van der Waals surface area contributed by atoms with Gasteiger partial charge in [-0.1, -0.05) is 0 Å². The second kappa shape index (κ2) is 4.57. The molecular formula is C11H17BrN2O2. The minimum Gasteiger partial charge on any atom is -0.481 e. The topological polar surface area (TPSA) is 55.1 Å². The third-order valence-electron chi connectivity index (χ3n) is 2.82. The highest BCUT2D eigenvalue weighted by molar-refractivity contribution is 9.10. The van der Waals surface area contributed by atoms with Gasteiger partial charge in [0.2, 0.25) is 0 Å². The third kappa shape index (κ3) is 2.64. The molecule has 0 spiro atoms. The SMILES string of the molecule is Cc1nn(CCC(C)(C)C(=O)O)c(C)c1Br. The van der Waals surface area contributed by atoms with Crippen LogP contribution >= 0.6 is 15.9 Å². The summed E-state index contributed by atoms with van der Waals surface area (Å²) in [6.07, 6.45) is 0.566. The summed E-state index contributed by atoms with van der Waals surface area (Å²) in [4.78, 5) is 11.0. The van der Waals surface area contributed by atoms with Crippen LogP contribution in [0, 0.1) is 19.3 Å². The maximum atomic E-state index is 11.0. The van der Waals surface area contributed by atoms with E-state index < -0.39 is 11.4 Å². The minimum absolute atomic E-state index is 0.566. The average Bonchev–Trinajstić information content (AvgIpc) is 2.43. The highest BCUT2D eigenvalue weighted by atomic mass is 79.9. The zero-order chi connectivity index (χ0) is 12.5. The van der Waals surface area contributed by atoms with Crippen molar-refractivity contribution >= 4 is 21.9 Å². The van der Waals surface area contributed by atoms with Gasteiger partial charge in [-0.05, 0) is 50.0 Å².